The van der Waals surface area contributed by atoms with Gasteiger partial charge in [-0.1, -0.05) is 42.5 Å². The maximum absolute atomic E-state index is 11.4. The van der Waals surface area contributed by atoms with Crippen LogP contribution in [0.25, 0.3) is 22.7 Å². The summed E-state index contributed by atoms with van der Waals surface area (Å²) in [7, 11) is 1.66. The number of hydrogen-bond donors (Lipinski definition) is 0. The summed E-state index contributed by atoms with van der Waals surface area (Å²) >= 11 is 0. The molecule has 1 fully saturated rings. The van der Waals surface area contributed by atoms with Crippen LogP contribution in [-0.4, -0.2) is 73.2 Å². The van der Waals surface area contributed by atoms with Gasteiger partial charge in [0.1, 0.15) is 6.20 Å². The molecule has 0 amide bonds. The second-order valence-electron chi connectivity index (χ2n) is 9.10. The number of imidazole rings is 2. The molecule has 36 heavy (non-hydrogen) atoms. The quantitative estimate of drug-likeness (QED) is 0.201. The Morgan fingerprint density at radius 1 is 1.03 bits per heavy atom. The molecule has 0 spiro atoms. The molecule has 4 aromatic rings. The van der Waals surface area contributed by atoms with Gasteiger partial charge in [0.25, 0.3) is 5.82 Å². The number of para-hydroxylation sites is 2. The summed E-state index contributed by atoms with van der Waals surface area (Å²) in [5, 5.41) is 11.4. The number of nitro groups is 1. The smallest absolute Gasteiger partial charge is 0.343 e. The second-order valence-corrected chi connectivity index (χ2v) is 9.10. The summed E-state index contributed by atoms with van der Waals surface area (Å²) in [6, 6.07) is 18.2. The van der Waals surface area contributed by atoms with E-state index in [0.717, 1.165) is 43.8 Å². The third kappa shape index (κ3) is 4.88. The van der Waals surface area contributed by atoms with Crippen LogP contribution in [0.5, 0.6) is 0 Å². The molecule has 1 aliphatic heterocycles. The molecular formula is C26H31N7O3. The van der Waals surface area contributed by atoms with Crippen LogP contribution in [0.3, 0.4) is 0 Å². The molecule has 0 bridgehead atoms. The lowest BCUT2D eigenvalue weighted by Gasteiger charge is -2.38. The van der Waals surface area contributed by atoms with Gasteiger partial charge < -0.3 is 19.4 Å². The van der Waals surface area contributed by atoms with E-state index >= 15 is 0 Å². The van der Waals surface area contributed by atoms with Gasteiger partial charge in [0.15, 0.2) is 0 Å². The van der Waals surface area contributed by atoms with E-state index in [1.54, 1.807) is 7.05 Å². The molecule has 1 saturated heterocycles. The predicted molar refractivity (Wildman–Crippen MR) is 137 cm³/mol. The third-order valence-electron chi connectivity index (χ3n) is 6.92. The lowest BCUT2D eigenvalue weighted by Crippen LogP contribution is -2.49. The normalized spacial score (nSPS) is 15.9. The zero-order valence-corrected chi connectivity index (χ0v) is 20.7. The van der Waals surface area contributed by atoms with Crippen LogP contribution in [0.1, 0.15) is 18.7 Å². The van der Waals surface area contributed by atoms with Crippen LogP contribution in [0.2, 0.25) is 0 Å². The molecule has 1 atom stereocenters. The van der Waals surface area contributed by atoms with Crippen molar-refractivity contribution < 1.29 is 9.66 Å². The van der Waals surface area contributed by atoms with Crippen LogP contribution < -0.4 is 0 Å². The average Bonchev–Trinajstić information content (AvgIpc) is 3.47. The standard InChI is InChI=1S/C26H31N7O3/c1-20(31-14-12-30(13-15-31)16-17-36-19-21-8-4-3-5-9-21)32-23-11-7-6-10-22(23)28-26(32)25-27-18-24(29(25)2)33(34)35/h3-11,18,20H,12-17,19H2,1-2H3. The van der Waals surface area contributed by atoms with E-state index in [1.165, 1.54) is 16.3 Å². The lowest BCUT2D eigenvalue weighted by molar-refractivity contribution is -0.391. The van der Waals surface area contributed by atoms with Gasteiger partial charge in [0, 0.05) is 32.7 Å². The van der Waals surface area contributed by atoms with E-state index in [2.05, 4.69) is 38.4 Å². The first-order valence-electron chi connectivity index (χ1n) is 12.2. The molecule has 3 heterocycles. The van der Waals surface area contributed by atoms with E-state index < -0.39 is 4.92 Å². The highest BCUT2D eigenvalue weighted by atomic mass is 16.6. The van der Waals surface area contributed by atoms with Crippen molar-refractivity contribution in [2.45, 2.75) is 19.7 Å². The number of ether oxygens (including phenoxy) is 1. The highest BCUT2D eigenvalue weighted by Gasteiger charge is 2.29. The number of piperazine rings is 1. The van der Waals surface area contributed by atoms with E-state index in [9.17, 15) is 10.1 Å². The molecule has 2 aromatic heterocycles. The molecule has 1 aliphatic rings. The monoisotopic (exact) mass is 489 g/mol. The molecule has 10 nitrogen and oxygen atoms in total. The minimum atomic E-state index is -0.421. The fourth-order valence-corrected chi connectivity index (χ4v) is 4.84. The fourth-order valence-electron chi connectivity index (χ4n) is 4.84. The maximum Gasteiger partial charge on any atom is 0.343 e. The Balaban J connectivity index is 1.27. The summed E-state index contributed by atoms with van der Waals surface area (Å²) in [6.45, 7) is 8.14. The van der Waals surface area contributed by atoms with Crippen LogP contribution in [0, 0.1) is 10.1 Å². The van der Waals surface area contributed by atoms with Gasteiger partial charge >= 0.3 is 5.82 Å². The average molecular weight is 490 g/mol. The third-order valence-corrected chi connectivity index (χ3v) is 6.92. The molecular weight excluding hydrogens is 458 g/mol. The Bertz CT molecular complexity index is 1330. The van der Waals surface area contributed by atoms with Crippen molar-refractivity contribution in [3.63, 3.8) is 0 Å². The second kappa shape index (κ2) is 10.6. The first-order chi connectivity index (χ1) is 17.5. The summed E-state index contributed by atoms with van der Waals surface area (Å²) in [4.78, 5) is 25.0. The lowest BCUT2D eigenvalue weighted by atomic mass is 10.2. The summed E-state index contributed by atoms with van der Waals surface area (Å²) in [5.74, 6) is 1.06. The maximum atomic E-state index is 11.4. The van der Waals surface area contributed by atoms with Crippen LogP contribution in [0.15, 0.2) is 60.8 Å². The van der Waals surface area contributed by atoms with Crippen LogP contribution >= 0.6 is 0 Å². The van der Waals surface area contributed by atoms with E-state index in [1.807, 2.05) is 42.5 Å². The topological polar surface area (TPSA) is 94.5 Å². The van der Waals surface area contributed by atoms with Crippen molar-refractivity contribution in [2.75, 3.05) is 39.3 Å². The van der Waals surface area contributed by atoms with E-state index in [-0.39, 0.29) is 12.0 Å². The molecule has 10 heteroatoms. The zero-order valence-electron chi connectivity index (χ0n) is 20.7. The molecule has 1 unspecified atom stereocenters. The van der Waals surface area contributed by atoms with Gasteiger partial charge in [-0.3, -0.25) is 9.80 Å². The summed E-state index contributed by atoms with van der Waals surface area (Å²) < 4.78 is 9.52. The van der Waals surface area contributed by atoms with Crippen molar-refractivity contribution in [1.29, 1.82) is 0 Å². The van der Waals surface area contributed by atoms with Gasteiger partial charge in [-0.2, -0.15) is 0 Å². The van der Waals surface area contributed by atoms with Crippen molar-refractivity contribution in [2.24, 2.45) is 7.05 Å². The van der Waals surface area contributed by atoms with Crippen molar-refractivity contribution >= 4 is 16.9 Å². The SMILES string of the molecule is CC(N1CCN(CCOCc2ccccc2)CC1)n1c(-c2ncc([N+](=O)[O-])n2C)nc2ccccc21. The number of benzene rings is 2. The van der Waals surface area contributed by atoms with Crippen LogP contribution in [-0.2, 0) is 18.4 Å². The molecule has 0 N–H and O–H groups in total. The first kappa shape index (κ1) is 24.1. The fraction of sp³-hybridized carbons (Fsp3) is 0.385. The van der Waals surface area contributed by atoms with Crippen molar-refractivity contribution in [3.8, 4) is 11.6 Å². The Labute approximate surface area is 209 Å². The van der Waals surface area contributed by atoms with E-state index in [0.29, 0.717) is 24.9 Å². The minimum Gasteiger partial charge on any atom is -0.375 e. The van der Waals surface area contributed by atoms with E-state index in [4.69, 9.17) is 9.72 Å². The molecule has 0 saturated carbocycles. The molecule has 2 aromatic carbocycles. The first-order valence-corrected chi connectivity index (χ1v) is 12.2. The largest absolute Gasteiger partial charge is 0.375 e. The molecule has 0 aliphatic carbocycles. The summed E-state index contributed by atoms with van der Waals surface area (Å²) in [5.41, 5.74) is 3.03. The molecule has 5 rings (SSSR count). The number of rotatable bonds is 9. The number of fused-ring (bicyclic) bond motifs is 1. The number of nitrogens with zero attached hydrogens (tertiary/aromatic N) is 7. The van der Waals surface area contributed by atoms with Gasteiger partial charge in [0.2, 0.25) is 5.82 Å². The molecule has 0 radical (unpaired) electrons. The number of aromatic nitrogens is 4. The number of hydrogen-bond acceptors (Lipinski definition) is 7. The highest BCUT2D eigenvalue weighted by molar-refractivity contribution is 5.80. The van der Waals surface area contributed by atoms with Crippen molar-refractivity contribution in [3.05, 3.63) is 76.5 Å². The predicted octanol–water partition coefficient (Wildman–Crippen LogP) is 3.70. The van der Waals surface area contributed by atoms with Gasteiger partial charge in [-0.25, -0.2) is 14.5 Å². The highest BCUT2D eigenvalue weighted by Crippen LogP contribution is 2.31. The van der Waals surface area contributed by atoms with Gasteiger partial charge in [0.05, 0.1) is 37.5 Å². The van der Waals surface area contributed by atoms with Gasteiger partial charge in [-0.05, 0) is 29.5 Å². The van der Waals surface area contributed by atoms with Gasteiger partial charge in [-0.15, -0.1) is 0 Å². The van der Waals surface area contributed by atoms with Crippen molar-refractivity contribution in [1.82, 2.24) is 28.9 Å². The Morgan fingerprint density at radius 2 is 1.75 bits per heavy atom. The molecule has 188 valence electrons. The Hall–Kier alpha value is -3.60. The Morgan fingerprint density at radius 3 is 2.47 bits per heavy atom. The Kier molecular flexibility index (Phi) is 7.08. The minimum absolute atomic E-state index is 0.0136. The van der Waals surface area contributed by atoms with Crippen LogP contribution in [0.4, 0.5) is 5.82 Å². The summed E-state index contributed by atoms with van der Waals surface area (Å²) in [6.07, 6.45) is 1.31. The zero-order chi connectivity index (χ0) is 25.1.